The van der Waals surface area contributed by atoms with Crippen LogP contribution in [0.5, 0.6) is 11.5 Å². The molecule has 4 atom stereocenters. The zero-order valence-electron chi connectivity index (χ0n) is 38.9. The van der Waals surface area contributed by atoms with E-state index in [1.807, 2.05) is 26.8 Å². The maximum atomic E-state index is 15.4. The molecule has 0 spiro atoms. The topological polar surface area (TPSA) is 283 Å². The number of nitrogens with one attached hydrogen (secondary N) is 4. The first kappa shape index (κ1) is 51.0. The highest BCUT2D eigenvalue weighted by atomic mass is 19.1. The highest BCUT2D eigenvalue weighted by molar-refractivity contribution is 6.00. The fourth-order valence-electron chi connectivity index (χ4n) is 7.69. The summed E-state index contributed by atoms with van der Waals surface area (Å²) in [4.78, 5) is 80.6. The van der Waals surface area contributed by atoms with E-state index in [2.05, 4.69) is 31.2 Å². The number of rotatable bonds is 15. The lowest BCUT2D eigenvalue weighted by atomic mass is 9.86. The first-order chi connectivity index (χ1) is 31.8. The van der Waals surface area contributed by atoms with Gasteiger partial charge in [0.15, 0.2) is 5.82 Å². The quantitative estimate of drug-likeness (QED) is 0.0845. The van der Waals surface area contributed by atoms with Crippen LogP contribution < -0.4 is 47.9 Å². The third kappa shape index (κ3) is 12.3. The standard InChI is InChI=1S/C48H60FN11O7/c1-26-40(27(2)56-42(55-26)32-11-10-31(25-35(32)49)48(4,5)6)45(63)58-36(14-15-50)47(65)60(7)41-30-9-13-39(67-21-18-53)34(24-30)33-22-29(8-12-38(33)66-20-17-52)23-37(44(62)54-19-16-51)59-43(61)28(3)57-46(41)64/h8-13,22,24-25,28,36-37,41H,14-15,17-21,23,50,52-53H2,1-7H3,(H,54,62)(H,57,64)(H,58,63)(H,59,61)/t28-,36?,37-,41-/m0/s1. The Morgan fingerprint density at radius 1 is 0.896 bits per heavy atom. The van der Waals surface area contributed by atoms with Gasteiger partial charge in [-0.05, 0) is 92.2 Å². The lowest BCUT2D eigenvalue weighted by Gasteiger charge is -2.32. The number of nitrogens with zero attached hydrogens (tertiary/aromatic N) is 4. The van der Waals surface area contributed by atoms with Crippen LogP contribution in [0.4, 0.5) is 4.39 Å². The van der Waals surface area contributed by atoms with Crippen molar-refractivity contribution in [2.45, 2.75) is 84.0 Å². The van der Waals surface area contributed by atoms with Crippen LogP contribution in [0.25, 0.3) is 22.5 Å². The molecule has 0 fully saturated rings. The highest BCUT2D eigenvalue weighted by Gasteiger charge is 2.36. The molecule has 1 unspecified atom stereocenters. The minimum absolute atomic E-state index is 0.0139. The summed E-state index contributed by atoms with van der Waals surface area (Å²) in [5.41, 5.74) is 20.6. The average molecular weight is 922 g/mol. The van der Waals surface area contributed by atoms with Crippen LogP contribution in [0.15, 0.2) is 54.6 Å². The predicted octanol–water partition coefficient (Wildman–Crippen LogP) is 2.37. The number of amides is 5. The fourth-order valence-corrected chi connectivity index (χ4v) is 7.69. The summed E-state index contributed by atoms with van der Waals surface area (Å²) in [7, 11) is 1.38. The summed E-state index contributed by atoms with van der Waals surface area (Å²) in [6.45, 7) is 10.8. The Hall–Kier alpha value is -7.01. The Balaban J connectivity index is 1.58. The van der Waals surface area contributed by atoms with Crippen molar-refractivity contribution in [1.29, 1.82) is 5.26 Å². The zero-order valence-corrected chi connectivity index (χ0v) is 38.9. The molecule has 1 aliphatic heterocycles. The third-order valence-electron chi connectivity index (χ3n) is 11.2. The number of benzene rings is 3. The summed E-state index contributed by atoms with van der Waals surface area (Å²) in [5.74, 6) is -3.25. The van der Waals surface area contributed by atoms with Crippen molar-refractivity contribution < 1.29 is 37.8 Å². The van der Waals surface area contributed by atoms with Crippen LogP contribution in [0.3, 0.4) is 0 Å². The summed E-state index contributed by atoms with van der Waals surface area (Å²) < 4.78 is 27.6. The highest BCUT2D eigenvalue weighted by Crippen LogP contribution is 2.40. The van der Waals surface area contributed by atoms with Gasteiger partial charge in [-0.3, -0.25) is 24.0 Å². The van der Waals surface area contributed by atoms with E-state index in [4.69, 9.17) is 31.9 Å². The van der Waals surface area contributed by atoms with Gasteiger partial charge in [-0.1, -0.05) is 39.0 Å². The molecule has 1 aromatic heterocycles. The molecule has 5 rings (SSSR count). The molecule has 0 radical (unpaired) electrons. The van der Waals surface area contributed by atoms with Crippen LogP contribution in [-0.4, -0.2) is 109 Å². The van der Waals surface area contributed by atoms with E-state index in [9.17, 15) is 24.0 Å². The van der Waals surface area contributed by atoms with Crippen molar-refractivity contribution >= 4 is 29.5 Å². The molecular weight excluding hydrogens is 862 g/mol. The van der Waals surface area contributed by atoms with Gasteiger partial charge in [0.1, 0.15) is 61.2 Å². The van der Waals surface area contributed by atoms with Crippen LogP contribution in [0, 0.1) is 31.0 Å². The largest absolute Gasteiger partial charge is 0.492 e. The molecule has 0 aliphatic carbocycles. The Morgan fingerprint density at radius 2 is 1.52 bits per heavy atom. The van der Waals surface area contributed by atoms with E-state index < -0.39 is 59.5 Å². The molecule has 18 nitrogen and oxygen atoms in total. The van der Waals surface area contributed by atoms with E-state index in [-0.39, 0.29) is 91.6 Å². The second-order valence-corrected chi connectivity index (χ2v) is 17.2. The predicted molar refractivity (Wildman–Crippen MR) is 249 cm³/mol. The van der Waals surface area contributed by atoms with Gasteiger partial charge in [0.05, 0.1) is 28.6 Å². The summed E-state index contributed by atoms with van der Waals surface area (Å²) in [6.07, 6.45) is -0.0641. The van der Waals surface area contributed by atoms with Crippen molar-refractivity contribution in [3.05, 3.63) is 94.1 Å². The number of nitrogens with two attached hydrogens (primary N) is 3. The SMILES string of the molecule is Cc1nc(-c2ccc(C(C)(C)C)cc2F)nc(C)c1C(=O)NC(CCN)C(=O)N(C)[C@@H]1C(=O)N[C@@H](C)C(=O)N[C@H](C(=O)NCC#N)Cc2ccc(OCCN)c(c2)-c2cc1ccc2OCCN. The van der Waals surface area contributed by atoms with E-state index in [1.165, 1.54) is 20.0 Å². The fraction of sp³-hybridized carbons (Fsp3) is 0.417. The maximum Gasteiger partial charge on any atom is 0.255 e. The minimum atomic E-state index is -1.44. The zero-order chi connectivity index (χ0) is 49.2. The van der Waals surface area contributed by atoms with Gasteiger partial charge in [-0.25, -0.2) is 14.4 Å². The number of ether oxygens (including phenoxy) is 2. The molecule has 356 valence electrons. The number of aryl methyl sites for hydroxylation is 2. The number of hydrogen-bond acceptors (Lipinski definition) is 13. The number of hydrogen-bond donors (Lipinski definition) is 7. The van der Waals surface area contributed by atoms with Gasteiger partial charge in [-0.2, -0.15) is 5.26 Å². The Labute approximate surface area is 389 Å². The van der Waals surface area contributed by atoms with Crippen molar-refractivity contribution in [2.24, 2.45) is 17.2 Å². The van der Waals surface area contributed by atoms with Gasteiger partial charge >= 0.3 is 0 Å². The second-order valence-electron chi connectivity index (χ2n) is 17.2. The smallest absolute Gasteiger partial charge is 0.255 e. The van der Waals surface area contributed by atoms with E-state index in [0.29, 0.717) is 28.2 Å². The molecular formula is C48H60FN11O7. The Morgan fingerprint density at radius 3 is 2.10 bits per heavy atom. The molecule has 3 aromatic carbocycles. The molecule has 10 N–H and O–H groups in total. The molecule has 0 saturated carbocycles. The van der Waals surface area contributed by atoms with Gasteiger partial charge < -0.3 is 52.8 Å². The number of nitriles is 1. The third-order valence-corrected chi connectivity index (χ3v) is 11.2. The molecule has 19 heteroatoms. The van der Waals surface area contributed by atoms with Crippen LogP contribution in [0.1, 0.15) is 78.6 Å². The van der Waals surface area contributed by atoms with Crippen molar-refractivity contribution in [3.63, 3.8) is 0 Å². The molecule has 4 bridgehead atoms. The summed E-state index contributed by atoms with van der Waals surface area (Å²) >= 11 is 0. The van der Waals surface area contributed by atoms with Gasteiger partial charge in [0.25, 0.3) is 5.91 Å². The van der Waals surface area contributed by atoms with Crippen molar-refractivity contribution in [1.82, 2.24) is 36.1 Å². The minimum Gasteiger partial charge on any atom is -0.492 e. The molecule has 5 amide bonds. The van der Waals surface area contributed by atoms with E-state index >= 15 is 4.39 Å². The first-order valence-electron chi connectivity index (χ1n) is 21.9. The Kier molecular flexibility index (Phi) is 17.1. The molecule has 1 aliphatic rings. The van der Waals surface area contributed by atoms with Crippen molar-refractivity contribution in [2.75, 3.05) is 46.4 Å². The molecule has 4 aromatic rings. The number of aromatic nitrogens is 2. The Bertz CT molecular complexity index is 2520. The number of likely N-dealkylation sites (N-methyl/N-ethyl adjacent to an activating group) is 1. The monoisotopic (exact) mass is 921 g/mol. The summed E-state index contributed by atoms with van der Waals surface area (Å²) in [6, 6.07) is 11.6. The first-order valence-corrected chi connectivity index (χ1v) is 21.9. The van der Waals surface area contributed by atoms with Crippen LogP contribution in [-0.2, 0) is 31.0 Å². The lowest BCUT2D eigenvalue weighted by Crippen LogP contribution is -2.56. The molecule has 0 saturated heterocycles. The number of halogens is 1. The van der Waals surface area contributed by atoms with Gasteiger partial charge in [0.2, 0.25) is 23.6 Å². The normalized spacial score (nSPS) is 16.6. The average Bonchev–Trinajstić information content (AvgIpc) is 3.28. The molecule has 67 heavy (non-hydrogen) atoms. The van der Waals surface area contributed by atoms with E-state index in [1.54, 1.807) is 62.4 Å². The summed E-state index contributed by atoms with van der Waals surface area (Å²) in [5, 5.41) is 19.8. The van der Waals surface area contributed by atoms with Crippen LogP contribution >= 0.6 is 0 Å². The number of carbonyl (C=O) groups excluding carboxylic acids is 5. The second kappa shape index (κ2) is 22.5. The van der Waals surface area contributed by atoms with Gasteiger partial charge in [-0.15, -0.1) is 0 Å². The molecule has 2 heterocycles. The van der Waals surface area contributed by atoms with E-state index in [0.717, 1.165) is 10.5 Å². The maximum absolute atomic E-state index is 15.4. The van der Waals surface area contributed by atoms with Gasteiger partial charge in [0, 0.05) is 37.7 Å². The number of carbonyl (C=O) groups is 5. The van der Waals surface area contributed by atoms with Crippen LogP contribution in [0.2, 0.25) is 0 Å². The van der Waals surface area contributed by atoms with Crippen molar-refractivity contribution in [3.8, 4) is 40.1 Å². The lowest BCUT2D eigenvalue weighted by molar-refractivity contribution is -0.141. The number of fused-ring (bicyclic) bond motifs is 5.